The van der Waals surface area contributed by atoms with Crippen LogP contribution < -0.4 is 11.1 Å². The lowest BCUT2D eigenvalue weighted by Gasteiger charge is -2.17. The molecule has 6 heteroatoms. The van der Waals surface area contributed by atoms with E-state index in [1.807, 2.05) is 6.92 Å². The fourth-order valence-electron chi connectivity index (χ4n) is 1.79. The third-order valence-corrected chi connectivity index (χ3v) is 3.01. The van der Waals surface area contributed by atoms with Crippen LogP contribution in [0.1, 0.15) is 31.7 Å². The Bertz CT molecular complexity index is 437. The molecule has 1 aromatic rings. The molecule has 0 aliphatic rings. The number of aromatic nitrogens is 1. The summed E-state index contributed by atoms with van der Waals surface area (Å²) in [6.07, 6.45) is 5.73. The fourth-order valence-corrected chi connectivity index (χ4v) is 1.79. The van der Waals surface area contributed by atoms with Crippen LogP contribution in [0.15, 0.2) is 24.5 Å². The first-order valence-corrected chi connectivity index (χ1v) is 6.72. The van der Waals surface area contributed by atoms with Gasteiger partial charge >= 0.3 is 5.97 Å². The Morgan fingerprint density at radius 2 is 2.05 bits per heavy atom. The molecule has 1 rings (SSSR count). The highest BCUT2D eigenvalue weighted by atomic mass is 16.4. The molecule has 0 radical (unpaired) electrons. The van der Waals surface area contributed by atoms with Gasteiger partial charge in [-0.15, -0.1) is 0 Å². The van der Waals surface area contributed by atoms with Gasteiger partial charge in [0.05, 0.1) is 6.04 Å². The molecule has 2 atom stereocenters. The van der Waals surface area contributed by atoms with Crippen molar-refractivity contribution in [3.63, 3.8) is 0 Å². The summed E-state index contributed by atoms with van der Waals surface area (Å²) < 4.78 is 0. The minimum Gasteiger partial charge on any atom is -0.480 e. The zero-order valence-corrected chi connectivity index (χ0v) is 11.6. The van der Waals surface area contributed by atoms with E-state index in [2.05, 4.69) is 10.3 Å². The Morgan fingerprint density at radius 3 is 2.60 bits per heavy atom. The number of carbonyl (C=O) groups excluding carboxylic acids is 1. The van der Waals surface area contributed by atoms with Crippen molar-refractivity contribution in [3.05, 3.63) is 30.1 Å². The highest BCUT2D eigenvalue weighted by Crippen LogP contribution is 2.04. The Morgan fingerprint density at radius 1 is 1.40 bits per heavy atom. The summed E-state index contributed by atoms with van der Waals surface area (Å²) in [5.74, 6) is -1.49. The molecule has 0 spiro atoms. The topological polar surface area (TPSA) is 105 Å². The molecule has 110 valence electrons. The van der Waals surface area contributed by atoms with Gasteiger partial charge in [-0.3, -0.25) is 9.78 Å². The van der Waals surface area contributed by atoms with Gasteiger partial charge in [0.25, 0.3) is 0 Å². The number of unbranched alkanes of at least 4 members (excludes halogenated alkanes) is 1. The van der Waals surface area contributed by atoms with Gasteiger partial charge < -0.3 is 16.2 Å². The van der Waals surface area contributed by atoms with E-state index in [4.69, 9.17) is 5.73 Å². The van der Waals surface area contributed by atoms with Gasteiger partial charge in [-0.25, -0.2) is 4.79 Å². The number of carboxylic acids is 1. The predicted octanol–water partition coefficient (Wildman–Crippen LogP) is 0.711. The van der Waals surface area contributed by atoms with Gasteiger partial charge in [0.15, 0.2) is 0 Å². The number of aliphatic carboxylic acids is 1. The molecule has 0 saturated heterocycles. The molecule has 0 bridgehead atoms. The summed E-state index contributed by atoms with van der Waals surface area (Å²) in [6, 6.07) is 1.81. The predicted molar refractivity (Wildman–Crippen MR) is 75.0 cm³/mol. The Hall–Kier alpha value is -1.95. The number of nitrogens with one attached hydrogen (secondary N) is 1. The molecule has 0 aliphatic heterocycles. The first-order valence-electron chi connectivity index (χ1n) is 6.72. The lowest BCUT2D eigenvalue weighted by Crippen LogP contribution is -2.49. The van der Waals surface area contributed by atoms with E-state index in [-0.39, 0.29) is 6.42 Å². The van der Waals surface area contributed by atoms with Crippen LogP contribution in [0.3, 0.4) is 0 Å². The van der Waals surface area contributed by atoms with Crippen LogP contribution in [0.5, 0.6) is 0 Å². The van der Waals surface area contributed by atoms with Gasteiger partial charge in [0, 0.05) is 18.8 Å². The van der Waals surface area contributed by atoms with E-state index in [0.29, 0.717) is 6.42 Å². The van der Waals surface area contributed by atoms with Crippen LogP contribution in [0, 0.1) is 0 Å². The van der Waals surface area contributed by atoms with Gasteiger partial charge in [-0.2, -0.15) is 0 Å². The molecular formula is C14H21N3O3. The van der Waals surface area contributed by atoms with Crippen LogP contribution in [0.4, 0.5) is 0 Å². The quantitative estimate of drug-likeness (QED) is 0.650. The van der Waals surface area contributed by atoms with Gasteiger partial charge in [-0.05, 0) is 24.1 Å². The number of amides is 1. The van der Waals surface area contributed by atoms with E-state index in [1.165, 1.54) is 0 Å². The number of nitrogens with two attached hydrogens (primary N) is 1. The highest BCUT2D eigenvalue weighted by Gasteiger charge is 2.23. The molecule has 4 N–H and O–H groups in total. The third-order valence-electron chi connectivity index (χ3n) is 3.01. The number of pyridine rings is 1. The molecule has 1 aromatic heterocycles. The summed E-state index contributed by atoms with van der Waals surface area (Å²) in [5, 5.41) is 11.7. The summed E-state index contributed by atoms with van der Waals surface area (Å²) in [4.78, 5) is 26.9. The summed E-state index contributed by atoms with van der Waals surface area (Å²) in [5.41, 5.74) is 6.53. The van der Waals surface area contributed by atoms with E-state index >= 15 is 0 Å². The number of carboxylic acid groups (broad SMARTS) is 1. The minimum atomic E-state index is -1.07. The highest BCUT2D eigenvalue weighted by molar-refractivity contribution is 5.86. The average Bonchev–Trinajstić information content (AvgIpc) is 2.44. The summed E-state index contributed by atoms with van der Waals surface area (Å²) in [6.45, 7) is 2.01. The normalized spacial score (nSPS) is 13.5. The second-order valence-corrected chi connectivity index (χ2v) is 4.71. The molecule has 0 saturated carbocycles. The largest absolute Gasteiger partial charge is 0.480 e. The van der Waals surface area contributed by atoms with Crippen LogP contribution in [0.2, 0.25) is 0 Å². The molecular weight excluding hydrogens is 258 g/mol. The van der Waals surface area contributed by atoms with Crippen LogP contribution >= 0.6 is 0 Å². The van der Waals surface area contributed by atoms with E-state index in [1.54, 1.807) is 24.5 Å². The molecule has 0 unspecified atom stereocenters. The SMILES string of the molecule is CCCC[C@H](N)C(=O)N[C@@H](Cc1ccncc1)C(=O)O. The maximum absolute atomic E-state index is 11.8. The van der Waals surface area contributed by atoms with Crippen molar-refractivity contribution in [2.45, 2.75) is 44.7 Å². The average molecular weight is 279 g/mol. The van der Waals surface area contributed by atoms with Gasteiger partial charge in [0.2, 0.25) is 5.91 Å². The monoisotopic (exact) mass is 279 g/mol. The molecule has 0 aromatic carbocycles. The maximum Gasteiger partial charge on any atom is 0.326 e. The molecule has 1 amide bonds. The molecule has 0 aliphatic carbocycles. The number of hydrogen-bond acceptors (Lipinski definition) is 4. The lowest BCUT2D eigenvalue weighted by molar-refractivity contribution is -0.142. The summed E-state index contributed by atoms with van der Waals surface area (Å²) >= 11 is 0. The zero-order chi connectivity index (χ0) is 15.0. The van der Waals surface area contributed by atoms with E-state index in [0.717, 1.165) is 18.4 Å². The minimum absolute atomic E-state index is 0.212. The molecule has 1 heterocycles. The van der Waals surface area contributed by atoms with Crippen LogP contribution in [-0.2, 0) is 16.0 Å². The number of rotatable bonds is 8. The van der Waals surface area contributed by atoms with Crippen molar-refractivity contribution >= 4 is 11.9 Å². The van der Waals surface area contributed by atoms with Crippen molar-refractivity contribution in [1.29, 1.82) is 0 Å². The smallest absolute Gasteiger partial charge is 0.326 e. The third kappa shape index (κ3) is 5.36. The number of nitrogens with zero attached hydrogens (tertiary/aromatic N) is 1. The van der Waals surface area contributed by atoms with Crippen molar-refractivity contribution in [3.8, 4) is 0 Å². The first kappa shape index (κ1) is 16.1. The second kappa shape index (κ2) is 8.27. The van der Waals surface area contributed by atoms with Crippen molar-refractivity contribution < 1.29 is 14.7 Å². The van der Waals surface area contributed by atoms with Crippen molar-refractivity contribution in [2.24, 2.45) is 5.73 Å². The summed E-state index contributed by atoms with van der Waals surface area (Å²) in [7, 11) is 0. The zero-order valence-electron chi connectivity index (χ0n) is 11.6. The Labute approximate surface area is 118 Å². The molecule has 20 heavy (non-hydrogen) atoms. The first-order chi connectivity index (χ1) is 9.54. The number of carbonyl (C=O) groups is 2. The lowest BCUT2D eigenvalue weighted by atomic mass is 10.1. The van der Waals surface area contributed by atoms with Crippen LogP contribution in [0.25, 0.3) is 0 Å². The number of hydrogen-bond donors (Lipinski definition) is 3. The van der Waals surface area contributed by atoms with E-state index < -0.39 is 24.0 Å². The van der Waals surface area contributed by atoms with Crippen LogP contribution in [-0.4, -0.2) is 34.1 Å². The Kier molecular flexibility index (Phi) is 6.66. The van der Waals surface area contributed by atoms with Crippen molar-refractivity contribution in [2.75, 3.05) is 0 Å². The van der Waals surface area contributed by atoms with Crippen molar-refractivity contribution in [1.82, 2.24) is 10.3 Å². The van der Waals surface area contributed by atoms with Gasteiger partial charge in [-0.1, -0.05) is 19.8 Å². The fraction of sp³-hybridized carbons (Fsp3) is 0.500. The molecule has 0 fully saturated rings. The van der Waals surface area contributed by atoms with E-state index in [9.17, 15) is 14.7 Å². The maximum atomic E-state index is 11.8. The van der Waals surface area contributed by atoms with Gasteiger partial charge in [0.1, 0.15) is 6.04 Å². The molecule has 6 nitrogen and oxygen atoms in total. The standard InChI is InChI=1S/C14H21N3O3/c1-2-3-4-11(15)13(18)17-12(14(19)20)9-10-5-7-16-8-6-10/h5-8,11-12H,2-4,9,15H2,1H3,(H,17,18)(H,19,20)/t11-,12-/m0/s1. The Balaban J connectivity index is 2.59. The second-order valence-electron chi connectivity index (χ2n) is 4.71.